The number of hydrogen-bond acceptors (Lipinski definition) is 4. The molecule has 3 rings (SSSR count). The van der Waals surface area contributed by atoms with Crippen molar-refractivity contribution < 1.29 is 23.2 Å². The van der Waals surface area contributed by atoms with Gasteiger partial charge in [0.1, 0.15) is 11.6 Å². The van der Waals surface area contributed by atoms with E-state index >= 15 is 0 Å². The molecule has 3 amide bonds. The summed E-state index contributed by atoms with van der Waals surface area (Å²) in [6.45, 7) is 0. The van der Waals surface area contributed by atoms with Crippen LogP contribution in [0.2, 0.25) is 0 Å². The lowest BCUT2D eigenvalue weighted by molar-refractivity contribution is -0.127. The van der Waals surface area contributed by atoms with Gasteiger partial charge in [-0.3, -0.25) is 19.3 Å². The monoisotopic (exact) mass is 354 g/mol. The van der Waals surface area contributed by atoms with Gasteiger partial charge in [-0.15, -0.1) is 0 Å². The van der Waals surface area contributed by atoms with Crippen LogP contribution in [0.5, 0.6) is 0 Å². The molecule has 1 aromatic rings. The second-order valence-electron chi connectivity index (χ2n) is 5.87. The van der Waals surface area contributed by atoms with Crippen LogP contribution in [0.3, 0.4) is 0 Å². The summed E-state index contributed by atoms with van der Waals surface area (Å²) >= 11 is 0.952. The van der Waals surface area contributed by atoms with Crippen LogP contribution in [0.25, 0.3) is 0 Å². The zero-order valence-electron chi connectivity index (χ0n) is 12.8. The van der Waals surface area contributed by atoms with Gasteiger partial charge < -0.3 is 5.32 Å². The summed E-state index contributed by atoms with van der Waals surface area (Å²) in [6.07, 6.45) is 2.90. The van der Waals surface area contributed by atoms with Crippen LogP contribution in [-0.4, -0.2) is 39.8 Å². The highest BCUT2D eigenvalue weighted by molar-refractivity contribution is 8.14. The van der Waals surface area contributed by atoms with Crippen LogP contribution in [0, 0.1) is 11.6 Å². The second kappa shape index (κ2) is 6.88. The number of hydrogen-bond donors (Lipinski definition) is 1. The first kappa shape index (κ1) is 16.9. The zero-order valence-corrected chi connectivity index (χ0v) is 13.6. The van der Waals surface area contributed by atoms with E-state index < -0.39 is 29.6 Å². The number of halogens is 2. The molecule has 1 aliphatic heterocycles. The normalized spacial score (nSPS) is 24.3. The van der Waals surface area contributed by atoms with Crippen LogP contribution < -0.4 is 5.32 Å². The minimum Gasteiger partial charge on any atom is -0.347 e. The minimum absolute atomic E-state index is 0.114. The summed E-state index contributed by atoms with van der Waals surface area (Å²) in [5.41, 5.74) is -0.255. The lowest BCUT2D eigenvalue weighted by atomic mass is 9.89. The fourth-order valence-corrected chi connectivity index (χ4v) is 3.96. The molecule has 8 heteroatoms. The van der Waals surface area contributed by atoms with Crippen LogP contribution >= 0.6 is 11.8 Å². The molecule has 2 aliphatic rings. The second-order valence-corrected chi connectivity index (χ2v) is 6.80. The first-order valence-corrected chi connectivity index (χ1v) is 8.70. The van der Waals surface area contributed by atoms with Crippen molar-refractivity contribution >= 4 is 28.8 Å². The number of nitrogens with one attached hydrogen (secondary N) is 1. The maximum atomic E-state index is 13.8. The fourth-order valence-electron chi connectivity index (χ4n) is 3.19. The number of nitrogens with zero attached hydrogens (tertiary/aromatic N) is 1. The van der Waals surface area contributed by atoms with E-state index in [9.17, 15) is 23.2 Å². The predicted molar refractivity (Wildman–Crippen MR) is 84.6 cm³/mol. The van der Waals surface area contributed by atoms with Crippen molar-refractivity contribution in [2.45, 2.75) is 37.8 Å². The summed E-state index contributed by atoms with van der Waals surface area (Å²) in [7, 11) is 0. The van der Waals surface area contributed by atoms with Gasteiger partial charge in [0.15, 0.2) is 0 Å². The highest BCUT2D eigenvalue weighted by Crippen LogP contribution is 2.30. The number of carbonyl (C=O) groups excluding carboxylic acids is 3. The average molecular weight is 354 g/mol. The van der Waals surface area contributed by atoms with Crippen molar-refractivity contribution in [3.63, 3.8) is 0 Å². The van der Waals surface area contributed by atoms with Gasteiger partial charge in [0, 0.05) is 6.07 Å². The van der Waals surface area contributed by atoms with Crippen molar-refractivity contribution in [1.82, 2.24) is 10.2 Å². The van der Waals surface area contributed by atoms with E-state index in [0.29, 0.717) is 18.9 Å². The van der Waals surface area contributed by atoms with E-state index in [4.69, 9.17) is 0 Å². The molecule has 2 unspecified atom stereocenters. The van der Waals surface area contributed by atoms with E-state index in [0.717, 1.165) is 36.7 Å². The average Bonchev–Trinajstić information content (AvgIpc) is 2.87. The Hall–Kier alpha value is -1.96. The molecular formula is C16H16F2N2O3S. The van der Waals surface area contributed by atoms with Gasteiger partial charge in [0.05, 0.1) is 23.4 Å². The van der Waals surface area contributed by atoms with E-state index in [2.05, 4.69) is 5.32 Å². The van der Waals surface area contributed by atoms with Gasteiger partial charge in [-0.05, 0) is 25.0 Å². The molecule has 5 nitrogen and oxygen atoms in total. The van der Waals surface area contributed by atoms with Crippen molar-refractivity contribution in [2.75, 3.05) is 5.75 Å². The van der Waals surface area contributed by atoms with Crippen molar-refractivity contribution in [3.05, 3.63) is 35.4 Å². The van der Waals surface area contributed by atoms with E-state index in [1.54, 1.807) is 0 Å². The van der Waals surface area contributed by atoms with Gasteiger partial charge in [-0.1, -0.05) is 24.6 Å². The maximum Gasteiger partial charge on any atom is 0.289 e. The predicted octanol–water partition coefficient (Wildman–Crippen LogP) is 2.70. The number of benzene rings is 1. The summed E-state index contributed by atoms with van der Waals surface area (Å²) in [5.74, 6) is -2.52. The van der Waals surface area contributed by atoms with Gasteiger partial charge in [0.2, 0.25) is 5.91 Å². The molecule has 1 aliphatic carbocycles. The van der Waals surface area contributed by atoms with Crippen LogP contribution in [-0.2, 0) is 4.79 Å². The molecule has 0 spiro atoms. The Morgan fingerprint density at radius 2 is 1.96 bits per heavy atom. The fraction of sp³-hybridized carbons (Fsp3) is 0.438. The standard InChI is InChI=1S/C16H16F2N2O3S/c17-9-5-6-10(11(18)7-9)15(22)19-12-3-1-2-4-13(12)20-14(21)8-24-16(20)23/h5-7,12-13H,1-4,8H2,(H,19,22). The molecule has 24 heavy (non-hydrogen) atoms. The van der Waals surface area contributed by atoms with E-state index in [1.807, 2.05) is 0 Å². The lowest BCUT2D eigenvalue weighted by Crippen LogP contribution is -2.54. The van der Waals surface area contributed by atoms with Gasteiger partial charge in [0.25, 0.3) is 11.1 Å². The molecule has 0 aromatic heterocycles. The molecule has 1 N–H and O–H groups in total. The summed E-state index contributed by atoms with van der Waals surface area (Å²) in [6, 6.07) is 1.90. The minimum atomic E-state index is -0.941. The Balaban J connectivity index is 1.77. The SMILES string of the molecule is O=C(NC1CCCCC1N1C(=O)CSC1=O)c1ccc(F)cc1F. The highest BCUT2D eigenvalue weighted by atomic mass is 32.2. The smallest absolute Gasteiger partial charge is 0.289 e. The molecule has 1 aromatic carbocycles. The number of thioether (sulfide) groups is 1. The largest absolute Gasteiger partial charge is 0.347 e. The van der Waals surface area contributed by atoms with Gasteiger partial charge in [-0.25, -0.2) is 8.78 Å². The number of carbonyl (C=O) groups is 3. The Bertz CT molecular complexity index is 682. The van der Waals surface area contributed by atoms with Crippen molar-refractivity contribution in [1.29, 1.82) is 0 Å². The Morgan fingerprint density at radius 3 is 2.62 bits per heavy atom. The van der Waals surface area contributed by atoms with Gasteiger partial charge in [-0.2, -0.15) is 0 Å². The molecule has 2 atom stereocenters. The Morgan fingerprint density at radius 1 is 1.21 bits per heavy atom. The molecule has 1 saturated carbocycles. The van der Waals surface area contributed by atoms with Crippen LogP contribution in [0.1, 0.15) is 36.0 Å². The van der Waals surface area contributed by atoms with Gasteiger partial charge >= 0.3 is 0 Å². The van der Waals surface area contributed by atoms with E-state index in [1.165, 1.54) is 4.90 Å². The number of imide groups is 1. The molecule has 128 valence electrons. The first-order chi connectivity index (χ1) is 11.5. The van der Waals surface area contributed by atoms with Crippen molar-refractivity contribution in [2.24, 2.45) is 0 Å². The topological polar surface area (TPSA) is 66.5 Å². The lowest BCUT2D eigenvalue weighted by Gasteiger charge is -2.36. The quantitative estimate of drug-likeness (QED) is 0.906. The molecule has 0 radical (unpaired) electrons. The molecule has 2 fully saturated rings. The van der Waals surface area contributed by atoms with Crippen LogP contribution in [0.4, 0.5) is 13.6 Å². The third-order valence-corrected chi connectivity index (χ3v) is 5.17. The number of rotatable bonds is 3. The first-order valence-electron chi connectivity index (χ1n) is 7.72. The summed E-state index contributed by atoms with van der Waals surface area (Å²) in [5, 5.41) is 2.40. The number of amides is 3. The third kappa shape index (κ3) is 3.28. The summed E-state index contributed by atoms with van der Waals surface area (Å²) < 4.78 is 26.7. The summed E-state index contributed by atoms with van der Waals surface area (Å²) in [4.78, 5) is 37.4. The maximum absolute atomic E-state index is 13.8. The Kier molecular flexibility index (Phi) is 4.84. The molecule has 0 bridgehead atoms. The molecular weight excluding hydrogens is 338 g/mol. The molecule has 1 heterocycles. The van der Waals surface area contributed by atoms with Crippen molar-refractivity contribution in [3.8, 4) is 0 Å². The Labute approximate surface area is 141 Å². The molecule has 1 saturated heterocycles. The van der Waals surface area contributed by atoms with E-state index in [-0.39, 0.29) is 22.5 Å². The van der Waals surface area contributed by atoms with Crippen LogP contribution in [0.15, 0.2) is 18.2 Å². The third-order valence-electron chi connectivity index (χ3n) is 4.34. The zero-order chi connectivity index (χ0) is 17.3. The highest BCUT2D eigenvalue weighted by Gasteiger charge is 2.41.